The van der Waals surface area contributed by atoms with E-state index >= 15 is 0 Å². The molecule has 5 aromatic rings. The minimum Gasteiger partial charge on any atom is -0.479 e. The Hall–Kier alpha value is -4.28. The van der Waals surface area contributed by atoms with E-state index in [1.807, 2.05) is 41.8 Å². The lowest BCUT2D eigenvalue weighted by atomic mass is 10.2. The van der Waals surface area contributed by atoms with Crippen molar-refractivity contribution < 1.29 is 9.13 Å². The van der Waals surface area contributed by atoms with Crippen LogP contribution in [0.5, 0.6) is 5.88 Å². The van der Waals surface area contributed by atoms with Crippen molar-refractivity contribution in [2.75, 3.05) is 18.2 Å². The molecule has 1 unspecified atom stereocenters. The SMILES string of the molecule is COc1nc2c(cc1F)nc(C(C)Nc1nc(N)nc3nc[nH]c13)n2-c1ccccc1. The molecule has 0 amide bonds. The molecule has 0 saturated carbocycles. The van der Waals surface area contributed by atoms with Crippen LogP contribution in [0.15, 0.2) is 42.7 Å². The molecule has 1 aromatic carbocycles. The summed E-state index contributed by atoms with van der Waals surface area (Å²) >= 11 is 0. The fourth-order valence-corrected chi connectivity index (χ4v) is 3.47. The first-order chi connectivity index (χ1) is 15.0. The zero-order valence-electron chi connectivity index (χ0n) is 16.7. The number of nitrogen functional groups attached to an aromatic ring is 1. The summed E-state index contributed by atoms with van der Waals surface area (Å²) in [6.45, 7) is 1.91. The third-order valence-corrected chi connectivity index (χ3v) is 4.83. The molecule has 156 valence electrons. The number of anilines is 2. The number of rotatable bonds is 5. The normalized spacial score (nSPS) is 12.4. The monoisotopic (exact) mass is 419 g/mol. The van der Waals surface area contributed by atoms with Crippen molar-refractivity contribution in [2.24, 2.45) is 0 Å². The highest BCUT2D eigenvalue weighted by Crippen LogP contribution is 2.30. The highest BCUT2D eigenvalue weighted by molar-refractivity contribution is 5.83. The van der Waals surface area contributed by atoms with Crippen LogP contribution in [0.25, 0.3) is 28.0 Å². The summed E-state index contributed by atoms with van der Waals surface area (Å²) in [5, 5.41) is 3.30. The third-order valence-electron chi connectivity index (χ3n) is 4.83. The Morgan fingerprint density at radius 2 is 1.97 bits per heavy atom. The van der Waals surface area contributed by atoms with E-state index in [0.29, 0.717) is 34.0 Å². The van der Waals surface area contributed by atoms with Crippen LogP contribution in [-0.4, -0.2) is 41.6 Å². The van der Waals surface area contributed by atoms with Gasteiger partial charge in [-0.15, -0.1) is 0 Å². The third kappa shape index (κ3) is 3.16. The molecule has 4 aromatic heterocycles. The molecule has 1 atom stereocenters. The second-order valence-electron chi connectivity index (χ2n) is 6.86. The molecule has 0 bridgehead atoms. The van der Waals surface area contributed by atoms with Crippen LogP contribution >= 0.6 is 0 Å². The van der Waals surface area contributed by atoms with E-state index in [1.165, 1.54) is 19.5 Å². The Morgan fingerprint density at radius 3 is 2.74 bits per heavy atom. The van der Waals surface area contributed by atoms with Crippen LogP contribution in [0.2, 0.25) is 0 Å². The van der Waals surface area contributed by atoms with Crippen LogP contribution in [-0.2, 0) is 0 Å². The molecule has 0 aliphatic rings. The molecule has 4 N–H and O–H groups in total. The van der Waals surface area contributed by atoms with Gasteiger partial charge < -0.3 is 20.8 Å². The molecule has 11 heteroatoms. The van der Waals surface area contributed by atoms with Crippen LogP contribution in [0, 0.1) is 5.82 Å². The number of imidazole rings is 2. The molecule has 0 saturated heterocycles. The number of nitrogens with zero attached hydrogens (tertiary/aromatic N) is 6. The molecule has 0 fully saturated rings. The number of halogens is 1. The van der Waals surface area contributed by atoms with Gasteiger partial charge in [-0.1, -0.05) is 18.2 Å². The second-order valence-corrected chi connectivity index (χ2v) is 6.86. The van der Waals surface area contributed by atoms with Gasteiger partial charge in [-0.2, -0.15) is 15.0 Å². The second kappa shape index (κ2) is 7.20. The maximum Gasteiger partial charge on any atom is 0.252 e. The van der Waals surface area contributed by atoms with Crippen LogP contribution in [0.3, 0.4) is 0 Å². The first-order valence-electron chi connectivity index (χ1n) is 9.46. The fraction of sp³-hybridized carbons (Fsp3) is 0.150. The largest absolute Gasteiger partial charge is 0.479 e. The van der Waals surface area contributed by atoms with Crippen LogP contribution in [0.4, 0.5) is 16.2 Å². The zero-order chi connectivity index (χ0) is 21.5. The number of fused-ring (bicyclic) bond motifs is 2. The Kier molecular flexibility index (Phi) is 4.35. The van der Waals surface area contributed by atoms with Gasteiger partial charge in [0, 0.05) is 11.8 Å². The number of ether oxygens (including phenoxy) is 1. The maximum absolute atomic E-state index is 14.3. The maximum atomic E-state index is 14.3. The predicted octanol–water partition coefficient (Wildman–Crippen LogP) is 2.99. The number of nitrogens with two attached hydrogens (primary N) is 1. The zero-order valence-corrected chi connectivity index (χ0v) is 16.7. The van der Waals surface area contributed by atoms with Gasteiger partial charge in [0.25, 0.3) is 5.88 Å². The molecule has 4 heterocycles. The molecule has 0 spiro atoms. The Morgan fingerprint density at radius 1 is 1.16 bits per heavy atom. The first-order valence-corrected chi connectivity index (χ1v) is 9.46. The van der Waals surface area contributed by atoms with Gasteiger partial charge in [0.2, 0.25) is 5.95 Å². The smallest absolute Gasteiger partial charge is 0.252 e. The number of methoxy groups -OCH3 is 1. The van der Waals surface area contributed by atoms with Crippen molar-refractivity contribution >= 4 is 34.1 Å². The lowest BCUT2D eigenvalue weighted by Crippen LogP contribution is -2.15. The van der Waals surface area contributed by atoms with Crippen molar-refractivity contribution in [2.45, 2.75) is 13.0 Å². The van der Waals surface area contributed by atoms with Gasteiger partial charge in [-0.25, -0.2) is 14.4 Å². The Labute approximate surface area is 175 Å². The van der Waals surface area contributed by atoms with Gasteiger partial charge in [0.1, 0.15) is 16.9 Å². The Balaban J connectivity index is 1.67. The first kappa shape index (κ1) is 18.7. The average molecular weight is 419 g/mol. The summed E-state index contributed by atoms with van der Waals surface area (Å²) in [5.41, 5.74) is 8.60. The quantitative estimate of drug-likeness (QED) is 0.396. The number of nitrogens with one attached hydrogen (secondary N) is 2. The lowest BCUT2D eigenvalue weighted by Gasteiger charge is -2.17. The van der Waals surface area contributed by atoms with E-state index in [-0.39, 0.29) is 17.9 Å². The van der Waals surface area contributed by atoms with Crippen molar-refractivity contribution in [3.8, 4) is 11.6 Å². The number of hydrogen-bond acceptors (Lipinski definition) is 8. The van der Waals surface area contributed by atoms with E-state index in [4.69, 9.17) is 10.5 Å². The summed E-state index contributed by atoms with van der Waals surface area (Å²) in [5.74, 6) is 0.503. The highest BCUT2D eigenvalue weighted by Gasteiger charge is 2.22. The molecule has 10 nitrogen and oxygen atoms in total. The molecular formula is C20H18FN9O. The molecular weight excluding hydrogens is 401 g/mol. The van der Waals surface area contributed by atoms with Gasteiger partial charge in [0.05, 0.1) is 19.5 Å². The molecule has 0 radical (unpaired) electrons. The summed E-state index contributed by atoms with van der Waals surface area (Å²) in [7, 11) is 1.38. The average Bonchev–Trinajstić information content (AvgIpc) is 3.38. The number of aromatic amines is 1. The molecule has 5 rings (SSSR count). The molecule has 0 aliphatic heterocycles. The number of pyridine rings is 1. The van der Waals surface area contributed by atoms with E-state index in [2.05, 4.69) is 35.2 Å². The van der Waals surface area contributed by atoms with E-state index in [0.717, 1.165) is 5.69 Å². The van der Waals surface area contributed by atoms with Gasteiger partial charge in [-0.05, 0) is 19.1 Å². The number of H-pyrrole nitrogens is 1. The molecule has 0 aliphatic carbocycles. The fourth-order valence-electron chi connectivity index (χ4n) is 3.47. The Bertz CT molecular complexity index is 1400. The van der Waals surface area contributed by atoms with E-state index < -0.39 is 5.82 Å². The van der Waals surface area contributed by atoms with Crippen molar-refractivity contribution in [1.82, 2.24) is 34.5 Å². The van der Waals surface area contributed by atoms with Gasteiger partial charge in [0.15, 0.2) is 22.9 Å². The topological polar surface area (TPSA) is 132 Å². The predicted molar refractivity (Wildman–Crippen MR) is 114 cm³/mol. The van der Waals surface area contributed by atoms with Crippen LogP contribution in [0.1, 0.15) is 18.8 Å². The summed E-state index contributed by atoms with van der Waals surface area (Å²) in [4.78, 5) is 24.5. The van der Waals surface area contributed by atoms with Crippen molar-refractivity contribution in [3.63, 3.8) is 0 Å². The standard InChI is InChI=1S/C20H18FN9O/c1-10(25-16-14-15(24-9-23-14)27-20(22)28-16)17-26-13-8-12(21)19(31-2)29-18(13)30(17)11-6-4-3-5-7-11/h3-10H,1-2H3,(H4,22,23,24,25,27,28). The number of para-hydroxylation sites is 1. The number of benzene rings is 1. The van der Waals surface area contributed by atoms with Crippen LogP contribution < -0.4 is 15.8 Å². The minimum atomic E-state index is -0.581. The van der Waals surface area contributed by atoms with Gasteiger partial charge >= 0.3 is 0 Å². The summed E-state index contributed by atoms with van der Waals surface area (Å²) in [6.07, 6.45) is 1.52. The summed E-state index contributed by atoms with van der Waals surface area (Å²) < 4.78 is 21.2. The minimum absolute atomic E-state index is 0.0966. The van der Waals surface area contributed by atoms with Gasteiger partial charge in [-0.3, -0.25) is 4.57 Å². The van der Waals surface area contributed by atoms with E-state index in [9.17, 15) is 4.39 Å². The highest BCUT2D eigenvalue weighted by atomic mass is 19.1. The molecule has 31 heavy (non-hydrogen) atoms. The van der Waals surface area contributed by atoms with Crippen molar-refractivity contribution in [3.05, 3.63) is 54.4 Å². The number of hydrogen-bond donors (Lipinski definition) is 3. The lowest BCUT2D eigenvalue weighted by molar-refractivity contribution is 0.371. The van der Waals surface area contributed by atoms with E-state index in [1.54, 1.807) is 0 Å². The van der Waals surface area contributed by atoms with Crippen molar-refractivity contribution in [1.29, 1.82) is 0 Å². The number of aromatic nitrogens is 7. The summed E-state index contributed by atoms with van der Waals surface area (Å²) in [6, 6.07) is 10.5.